The van der Waals surface area contributed by atoms with Gasteiger partial charge in [-0.2, -0.15) is 13.2 Å². The number of hydrogen-bond acceptors (Lipinski definition) is 4. The summed E-state index contributed by atoms with van der Waals surface area (Å²) in [4.78, 5) is 26.5. The quantitative estimate of drug-likeness (QED) is 0.232. The number of nitrogens with zero attached hydrogens (tertiary/aromatic N) is 2. The van der Waals surface area contributed by atoms with E-state index in [0.717, 1.165) is 55.4 Å². The summed E-state index contributed by atoms with van der Waals surface area (Å²) in [6.07, 6.45) is -0.571. The van der Waals surface area contributed by atoms with Gasteiger partial charge in [-0.05, 0) is 98.8 Å². The van der Waals surface area contributed by atoms with Gasteiger partial charge in [0, 0.05) is 18.8 Å². The Morgan fingerprint density at radius 3 is 2.18 bits per heavy atom. The molecule has 0 saturated carbocycles. The number of nitrogens with one attached hydrogen (secondary N) is 1. The predicted molar refractivity (Wildman–Crippen MR) is 167 cm³/mol. The molecular weight excluding hydrogens is 618 g/mol. The minimum absolute atomic E-state index is 0.141. The molecule has 12 heteroatoms. The lowest BCUT2D eigenvalue weighted by Gasteiger charge is -2.32. The largest absolute Gasteiger partial charge is 0.497 e. The highest BCUT2D eigenvalue weighted by molar-refractivity contribution is 6.42. The molecule has 238 valence electrons. The van der Waals surface area contributed by atoms with E-state index in [0.29, 0.717) is 23.1 Å². The Kier molecular flexibility index (Phi) is 13.6. The van der Waals surface area contributed by atoms with Crippen LogP contribution in [0.4, 0.5) is 23.7 Å². The van der Waals surface area contributed by atoms with Crippen LogP contribution in [0.15, 0.2) is 72.8 Å². The topological polar surface area (TPSA) is 82.1 Å². The number of carbonyl (C=O) groups is 2. The molecule has 1 fully saturated rings. The zero-order valence-corrected chi connectivity index (χ0v) is 25.8. The molecule has 7 nitrogen and oxygen atoms in total. The maximum atomic E-state index is 13.2. The maximum Gasteiger partial charge on any atom is 0.490 e. The number of carboxylic acid groups (broad SMARTS) is 1. The first-order chi connectivity index (χ1) is 20.9. The minimum Gasteiger partial charge on any atom is -0.497 e. The third kappa shape index (κ3) is 11.9. The second-order valence-electron chi connectivity index (χ2n) is 10.5. The number of rotatable bonds is 10. The summed E-state index contributed by atoms with van der Waals surface area (Å²) in [5.74, 6) is -1.26. The molecule has 1 saturated heterocycles. The van der Waals surface area contributed by atoms with E-state index < -0.39 is 12.1 Å². The van der Waals surface area contributed by atoms with Gasteiger partial charge in [-0.3, -0.25) is 0 Å². The van der Waals surface area contributed by atoms with Crippen molar-refractivity contribution in [3.63, 3.8) is 0 Å². The van der Waals surface area contributed by atoms with E-state index in [2.05, 4.69) is 40.5 Å². The summed E-state index contributed by atoms with van der Waals surface area (Å²) in [7, 11) is 1.62. The molecule has 0 aromatic heterocycles. The lowest BCUT2D eigenvalue weighted by molar-refractivity contribution is -0.192. The molecule has 1 aliphatic rings. The molecule has 1 aliphatic heterocycles. The number of hydrogen-bond donors (Lipinski definition) is 2. The molecule has 44 heavy (non-hydrogen) atoms. The Balaban J connectivity index is 0.000000676. The first-order valence-corrected chi connectivity index (χ1v) is 14.9. The third-order valence-electron chi connectivity index (χ3n) is 7.21. The number of amides is 2. The fourth-order valence-corrected chi connectivity index (χ4v) is 5.16. The molecule has 1 heterocycles. The zero-order chi connectivity index (χ0) is 32.1. The molecule has 2 N–H and O–H groups in total. The fraction of sp³-hybridized carbons (Fsp3) is 0.375. The first kappa shape index (κ1) is 35.0. The molecule has 0 atom stereocenters. The summed E-state index contributed by atoms with van der Waals surface area (Å²) in [6, 6.07) is 23.5. The van der Waals surface area contributed by atoms with E-state index in [-0.39, 0.29) is 6.03 Å². The molecule has 0 bridgehead atoms. The molecule has 0 aliphatic carbocycles. The molecule has 3 aromatic rings. The predicted octanol–water partition coefficient (Wildman–Crippen LogP) is 8.01. The van der Waals surface area contributed by atoms with Gasteiger partial charge >= 0.3 is 18.2 Å². The molecular formula is C32H36Cl2F3N3O4. The Hall–Kier alpha value is -3.47. The lowest BCUT2D eigenvalue weighted by Crippen LogP contribution is -2.39. The van der Waals surface area contributed by atoms with Crippen LogP contribution in [0.3, 0.4) is 0 Å². The van der Waals surface area contributed by atoms with Crippen molar-refractivity contribution >= 4 is 40.9 Å². The van der Waals surface area contributed by atoms with Crippen LogP contribution in [-0.2, 0) is 17.8 Å². The van der Waals surface area contributed by atoms with Crippen molar-refractivity contribution in [3.8, 4) is 5.75 Å². The van der Waals surface area contributed by atoms with E-state index in [1.54, 1.807) is 13.2 Å². The fourth-order valence-electron chi connectivity index (χ4n) is 4.83. The van der Waals surface area contributed by atoms with Gasteiger partial charge in [0.25, 0.3) is 0 Å². The van der Waals surface area contributed by atoms with E-state index in [1.807, 2.05) is 41.3 Å². The molecule has 4 rings (SSSR count). The van der Waals surface area contributed by atoms with Crippen LogP contribution in [0.2, 0.25) is 10.0 Å². The van der Waals surface area contributed by atoms with Gasteiger partial charge in [0.2, 0.25) is 0 Å². The van der Waals surface area contributed by atoms with Crippen LogP contribution in [0.5, 0.6) is 5.75 Å². The number of ether oxygens (including phenoxy) is 1. The van der Waals surface area contributed by atoms with Gasteiger partial charge < -0.3 is 25.0 Å². The summed E-state index contributed by atoms with van der Waals surface area (Å²) in [5, 5.41) is 11.1. The van der Waals surface area contributed by atoms with Crippen molar-refractivity contribution in [3.05, 3.63) is 94.0 Å². The average molecular weight is 655 g/mol. The van der Waals surface area contributed by atoms with E-state index in [9.17, 15) is 18.0 Å². The number of piperidine rings is 1. The van der Waals surface area contributed by atoms with Gasteiger partial charge in [-0.1, -0.05) is 59.6 Å². The van der Waals surface area contributed by atoms with Gasteiger partial charge in [0.15, 0.2) is 0 Å². The number of methoxy groups -OCH3 is 1. The van der Waals surface area contributed by atoms with Gasteiger partial charge in [0.1, 0.15) is 5.75 Å². The minimum atomic E-state index is -5.08. The van der Waals surface area contributed by atoms with Crippen LogP contribution in [0, 0.1) is 5.92 Å². The monoisotopic (exact) mass is 653 g/mol. The van der Waals surface area contributed by atoms with E-state index in [4.69, 9.17) is 37.8 Å². The van der Waals surface area contributed by atoms with Crippen molar-refractivity contribution in [2.24, 2.45) is 5.92 Å². The number of urea groups is 1. The maximum absolute atomic E-state index is 13.2. The van der Waals surface area contributed by atoms with Gasteiger partial charge in [-0.25, -0.2) is 9.59 Å². The summed E-state index contributed by atoms with van der Waals surface area (Å²) in [5.41, 5.74) is 3.10. The van der Waals surface area contributed by atoms with Gasteiger partial charge in [0.05, 0.1) is 17.2 Å². The standard InChI is InChI=1S/C30H35Cl2N3O2.C2HF3O2/c1-37-27-11-9-26(10-12-27)33-30(36)35(22-25-8-13-28(31)29(32)21-25)17-5-16-34-18-14-24(15-19-34)20-23-6-3-2-4-7-23;3-2(4,5)1(6)7/h2-4,6-13,21,24H,5,14-20,22H2,1H3,(H,33,36);(H,6,7). The average Bonchev–Trinajstić information content (AvgIpc) is 3.00. The first-order valence-electron chi connectivity index (χ1n) is 14.1. The van der Waals surface area contributed by atoms with Crippen LogP contribution in [0.1, 0.15) is 30.4 Å². The van der Waals surface area contributed by atoms with Crippen LogP contribution >= 0.6 is 23.2 Å². The summed E-state index contributed by atoms with van der Waals surface area (Å²) >= 11 is 12.3. The van der Waals surface area contributed by atoms with E-state index in [1.165, 1.54) is 18.4 Å². The highest BCUT2D eigenvalue weighted by atomic mass is 35.5. The molecule has 3 aromatic carbocycles. The van der Waals surface area contributed by atoms with Crippen LogP contribution in [0.25, 0.3) is 0 Å². The second kappa shape index (κ2) is 17.1. The third-order valence-corrected chi connectivity index (χ3v) is 7.94. The number of halogens is 5. The number of alkyl halides is 3. The molecule has 0 radical (unpaired) electrons. The number of benzene rings is 3. The van der Waals surface area contributed by atoms with Gasteiger partial charge in [-0.15, -0.1) is 0 Å². The van der Waals surface area contributed by atoms with E-state index >= 15 is 0 Å². The molecule has 0 unspecified atom stereocenters. The second-order valence-corrected chi connectivity index (χ2v) is 11.3. The number of likely N-dealkylation sites (tertiary alicyclic amines) is 1. The Bertz CT molecular complexity index is 1340. The highest BCUT2D eigenvalue weighted by Crippen LogP contribution is 2.25. The van der Waals surface area contributed by atoms with Crippen molar-refractivity contribution in [1.82, 2.24) is 9.80 Å². The number of carbonyl (C=O) groups excluding carboxylic acids is 1. The number of anilines is 1. The van der Waals surface area contributed by atoms with Crippen LogP contribution < -0.4 is 10.1 Å². The van der Waals surface area contributed by atoms with Crippen molar-refractivity contribution in [2.75, 3.05) is 38.6 Å². The highest BCUT2D eigenvalue weighted by Gasteiger charge is 2.38. The lowest BCUT2D eigenvalue weighted by atomic mass is 9.90. The number of carboxylic acids is 1. The Morgan fingerprint density at radius 2 is 1.61 bits per heavy atom. The number of aliphatic carboxylic acids is 1. The zero-order valence-electron chi connectivity index (χ0n) is 24.3. The SMILES string of the molecule is COc1ccc(NC(=O)N(CCCN2CCC(Cc3ccccc3)CC2)Cc2ccc(Cl)c(Cl)c2)cc1.O=C(O)C(F)(F)F. The summed E-state index contributed by atoms with van der Waals surface area (Å²) < 4.78 is 37.0. The summed E-state index contributed by atoms with van der Waals surface area (Å²) in [6.45, 7) is 4.31. The van der Waals surface area contributed by atoms with Crippen molar-refractivity contribution in [1.29, 1.82) is 0 Å². The molecule has 2 amide bonds. The Morgan fingerprint density at radius 1 is 0.977 bits per heavy atom. The van der Waals surface area contributed by atoms with Crippen molar-refractivity contribution < 1.29 is 32.6 Å². The Labute approximate surface area is 265 Å². The molecule has 0 spiro atoms. The van der Waals surface area contributed by atoms with Crippen LogP contribution in [-0.4, -0.2) is 66.4 Å². The smallest absolute Gasteiger partial charge is 0.490 e. The van der Waals surface area contributed by atoms with Crippen molar-refractivity contribution in [2.45, 2.75) is 38.4 Å². The normalized spacial score (nSPS) is 13.9.